The van der Waals surface area contributed by atoms with Gasteiger partial charge < -0.3 is 5.11 Å². The van der Waals surface area contributed by atoms with Crippen molar-refractivity contribution >= 4 is 44.3 Å². The highest BCUT2D eigenvalue weighted by Crippen LogP contribution is 2.29. The number of hydrogen-bond donors (Lipinski definition) is 1. The molecule has 20 heavy (non-hydrogen) atoms. The number of carboxylic acids is 1. The lowest BCUT2D eigenvalue weighted by Gasteiger charge is -2.15. The SMILES string of the molecule is Cc1nsc(N(C)C(=O)c2ncccc2Br)c1C(=O)O. The molecule has 0 saturated heterocycles. The Morgan fingerprint density at radius 1 is 1.45 bits per heavy atom. The van der Waals surface area contributed by atoms with Gasteiger partial charge in [0.2, 0.25) is 0 Å². The molecule has 1 N–H and O–H groups in total. The van der Waals surface area contributed by atoms with Gasteiger partial charge >= 0.3 is 5.97 Å². The zero-order valence-corrected chi connectivity index (χ0v) is 13.0. The fourth-order valence-corrected chi connectivity index (χ4v) is 2.90. The molecule has 0 aliphatic rings. The zero-order valence-electron chi connectivity index (χ0n) is 10.6. The predicted molar refractivity (Wildman–Crippen MR) is 78.5 cm³/mol. The van der Waals surface area contributed by atoms with Crippen LogP contribution in [0.4, 0.5) is 5.00 Å². The van der Waals surface area contributed by atoms with Crippen LogP contribution in [-0.2, 0) is 0 Å². The standard InChI is InChI=1S/C12H10BrN3O3S/c1-6-8(12(18)19)11(20-15-6)16(2)10(17)9-7(13)4-3-5-14-9/h3-5H,1-2H3,(H,18,19). The Labute approximate surface area is 127 Å². The molecular formula is C12H10BrN3O3S. The van der Waals surface area contributed by atoms with Crippen LogP contribution in [0, 0.1) is 6.92 Å². The molecule has 0 aromatic carbocycles. The molecule has 0 fully saturated rings. The monoisotopic (exact) mass is 355 g/mol. The van der Waals surface area contributed by atoms with E-state index in [9.17, 15) is 14.7 Å². The van der Waals surface area contributed by atoms with E-state index in [0.29, 0.717) is 10.2 Å². The fraction of sp³-hybridized carbons (Fsp3) is 0.167. The molecule has 0 spiro atoms. The molecule has 8 heteroatoms. The van der Waals surface area contributed by atoms with Gasteiger partial charge in [0.25, 0.3) is 5.91 Å². The van der Waals surface area contributed by atoms with Gasteiger partial charge in [-0.2, -0.15) is 4.37 Å². The van der Waals surface area contributed by atoms with Gasteiger partial charge in [-0.1, -0.05) is 0 Å². The Hall–Kier alpha value is -1.80. The third-order valence-electron chi connectivity index (χ3n) is 2.63. The molecule has 1 amide bonds. The van der Waals surface area contributed by atoms with Crippen LogP contribution in [0.25, 0.3) is 0 Å². The van der Waals surface area contributed by atoms with Gasteiger partial charge in [0, 0.05) is 17.7 Å². The van der Waals surface area contributed by atoms with Gasteiger partial charge in [0.15, 0.2) is 0 Å². The third-order valence-corrected chi connectivity index (χ3v) is 4.28. The first-order chi connectivity index (χ1) is 9.43. The molecule has 2 rings (SSSR count). The normalized spacial score (nSPS) is 10.3. The molecule has 0 saturated carbocycles. The number of carboxylic acid groups (broad SMARTS) is 1. The number of aromatic nitrogens is 2. The number of pyridine rings is 1. The number of aromatic carboxylic acids is 1. The summed E-state index contributed by atoms with van der Waals surface area (Å²) >= 11 is 4.22. The molecule has 0 radical (unpaired) electrons. The van der Waals surface area contributed by atoms with Crippen molar-refractivity contribution in [3.63, 3.8) is 0 Å². The van der Waals surface area contributed by atoms with Crippen molar-refractivity contribution in [2.24, 2.45) is 0 Å². The van der Waals surface area contributed by atoms with Crippen molar-refractivity contribution in [3.05, 3.63) is 39.8 Å². The average Bonchev–Trinajstić information content (AvgIpc) is 2.79. The van der Waals surface area contributed by atoms with Crippen LogP contribution in [0.5, 0.6) is 0 Å². The zero-order chi connectivity index (χ0) is 14.9. The van der Waals surface area contributed by atoms with Gasteiger partial charge in [-0.3, -0.25) is 9.69 Å². The van der Waals surface area contributed by atoms with Crippen molar-refractivity contribution in [2.45, 2.75) is 6.92 Å². The highest BCUT2D eigenvalue weighted by molar-refractivity contribution is 9.10. The minimum Gasteiger partial charge on any atom is -0.478 e. The highest BCUT2D eigenvalue weighted by Gasteiger charge is 2.26. The van der Waals surface area contributed by atoms with E-state index in [1.807, 2.05) is 0 Å². The molecule has 2 aromatic heterocycles. The lowest BCUT2D eigenvalue weighted by molar-refractivity contribution is 0.0697. The summed E-state index contributed by atoms with van der Waals surface area (Å²) in [5, 5.41) is 9.48. The van der Waals surface area contributed by atoms with E-state index in [1.54, 1.807) is 19.1 Å². The lowest BCUT2D eigenvalue weighted by Crippen LogP contribution is -2.28. The topological polar surface area (TPSA) is 83.4 Å². The summed E-state index contributed by atoms with van der Waals surface area (Å²) in [5.74, 6) is -1.50. The number of nitrogens with zero attached hydrogens (tertiary/aromatic N) is 3. The second-order valence-electron chi connectivity index (χ2n) is 3.95. The number of hydrogen-bond acceptors (Lipinski definition) is 5. The summed E-state index contributed by atoms with van der Waals surface area (Å²) < 4.78 is 4.54. The molecule has 0 unspecified atom stereocenters. The number of carbonyl (C=O) groups excluding carboxylic acids is 1. The molecule has 2 heterocycles. The van der Waals surface area contributed by atoms with Crippen LogP contribution in [0.1, 0.15) is 26.5 Å². The van der Waals surface area contributed by atoms with Gasteiger partial charge in [0.05, 0.1) is 5.69 Å². The maximum absolute atomic E-state index is 12.4. The van der Waals surface area contributed by atoms with Crippen molar-refractivity contribution in [3.8, 4) is 0 Å². The van der Waals surface area contributed by atoms with E-state index >= 15 is 0 Å². The number of aryl methyl sites for hydroxylation is 1. The summed E-state index contributed by atoms with van der Waals surface area (Å²) in [6, 6.07) is 3.39. The summed E-state index contributed by atoms with van der Waals surface area (Å²) in [4.78, 5) is 28.9. The Morgan fingerprint density at radius 2 is 2.15 bits per heavy atom. The van der Waals surface area contributed by atoms with E-state index in [4.69, 9.17) is 0 Å². The second-order valence-corrected chi connectivity index (χ2v) is 5.56. The summed E-state index contributed by atoms with van der Waals surface area (Å²) in [5.41, 5.74) is 0.646. The van der Waals surface area contributed by atoms with Crippen LogP contribution in [0.2, 0.25) is 0 Å². The van der Waals surface area contributed by atoms with E-state index in [0.717, 1.165) is 11.5 Å². The van der Waals surface area contributed by atoms with Crippen molar-refractivity contribution in [1.82, 2.24) is 9.36 Å². The van der Waals surface area contributed by atoms with Crippen LogP contribution in [0.3, 0.4) is 0 Å². The van der Waals surface area contributed by atoms with Crippen LogP contribution < -0.4 is 4.90 Å². The Kier molecular flexibility index (Phi) is 4.15. The number of carbonyl (C=O) groups is 2. The molecule has 0 aliphatic heterocycles. The summed E-state index contributed by atoms with van der Waals surface area (Å²) in [6.45, 7) is 1.60. The van der Waals surface area contributed by atoms with Crippen LogP contribution >= 0.6 is 27.5 Å². The maximum atomic E-state index is 12.4. The molecule has 6 nitrogen and oxygen atoms in total. The minimum atomic E-state index is -1.11. The van der Waals surface area contributed by atoms with E-state index in [1.165, 1.54) is 18.1 Å². The molecule has 104 valence electrons. The van der Waals surface area contributed by atoms with Gasteiger partial charge in [-0.05, 0) is 46.5 Å². The largest absolute Gasteiger partial charge is 0.478 e. The number of halogens is 1. The first kappa shape index (κ1) is 14.6. The van der Waals surface area contributed by atoms with Crippen molar-refractivity contribution in [1.29, 1.82) is 0 Å². The van der Waals surface area contributed by atoms with Gasteiger partial charge in [-0.25, -0.2) is 9.78 Å². The lowest BCUT2D eigenvalue weighted by atomic mass is 10.2. The highest BCUT2D eigenvalue weighted by atomic mass is 79.9. The number of anilines is 1. The van der Waals surface area contributed by atoms with Crippen LogP contribution in [0.15, 0.2) is 22.8 Å². The van der Waals surface area contributed by atoms with E-state index < -0.39 is 11.9 Å². The third kappa shape index (κ3) is 2.56. The Morgan fingerprint density at radius 3 is 2.75 bits per heavy atom. The fourth-order valence-electron chi connectivity index (χ4n) is 1.63. The first-order valence-corrected chi connectivity index (χ1v) is 7.08. The molecule has 0 atom stereocenters. The van der Waals surface area contributed by atoms with Crippen LogP contribution in [-0.4, -0.2) is 33.4 Å². The summed E-state index contributed by atoms with van der Waals surface area (Å²) in [7, 11) is 1.50. The predicted octanol–water partition coefficient (Wildman–Crippen LogP) is 2.58. The second kappa shape index (κ2) is 5.68. The molecule has 0 bridgehead atoms. The van der Waals surface area contributed by atoms with E-state index in [2.05, 4.69) is 25.3 Å². The van der Waals surface area contributed by atoms with Crippen molar-refractivity contribution < 1.29 is 14.7 Å². The molecule has 2 aromatic rings. The first-order valence-electron chi connectivity index (χ1n) is 5.51. The quantitative estimate of drug-likeness (QED) is 0.914. The number of amides is 1. The van der Waals surface area contributed by atoms with Gasteiger partial charge in [-0.15, -0.1) is 0 Å². The van der Waals surface area contributed by atoms with Crippen molar-refractivity contribution in [2.75, 3.05) is 11.9 Å². The minimum absolute atomic E-state index is 0.0397. The molecular weight excluding hydrogens is 346 g/mol. The maximum Gasteiger partial charge on any atom is 0.340 e. The summed E-state index contributed by atoms with van der Waals surface area (Å²) in [6.07, 6.45) is 1.50. The Balaban J connectivity index is 2.42. The van der Waals surface area contributed by atoms with E-state index in [-0.39, 0.29) is 16.3 Å². The smallest absolute Gasteiger partial charge is 0.340 e. The van der Waals surface area contributed by atoms with Gasteiger partial charge in [0.1, 0.15) is 16.3 Å². The number of rotatable bonds is 3. The average molecular weight is 356 g/mol. The molecule has 0 aliphatic carbocycles. The Bertz CT molecular complexity index is 686.